The molecule has 2 nitrogen and oxygen atoms in total. The molecular formula is C15H9F3O2S. The monoisotopic (exact) mass is 310 g/mol. The Hall–Kier alpha value is -2.21. The number of carbonyl (C=O) groups is 2. The number of carbonyl (C=O) groups excluding carboxylic acids is 2. The molecule has 0 atom stereocenters. The van der Waals surface area contributed by atoms with Crippen LogP contribution in [0.5, 0.6) is 0 Å². The molecule has 0 unspecified atom stereocenters. The van der Waals surface area contributed by atoms with Gasteiger partial charge in [-0.2, -0.15) is 13.2 Å². The molecule has 0 aliphatic heterocycles. The maximum absolute atomic E-state index is 12.7. The number of benzene rings is 1. The predicted molar refractivity (Wildman–Crippen MR) is 74.1 cm³/mol. The lowest BCUT2D eigenvalue weighted by atomic mass is 9.99. The molecule has 0 aliphatic carbocycles. The van der Waals surface area contributed by atoms with Gasteiger partial charge in [0.1, 0.15) is 0 Å². The van der Waals surface area contributed by atoms with Crippen molar-refractivity contribution in [3.63, 3.8) is 0 Å². The molecule has 1 heterocycles. The van der Waals surface area contributed by atoms with Crippen LogP contribution in [0.15, 0.2) is 53.4 Å². The van der Waals surface area contributed by atoms with Gasteiger partial charge >= 0.3 is 6.18 Å². The van der Waals surface area contributed by atoms with Crippen molar-refractivity contribution in [3.8, 4) is 0 Å². The molecule has 0 spiro atoms. The molecule has 6 heteroatoms. The van der Waals surface area contributed by atoms with E-state index in [4.69, 9.17) is 0 Å². The van der Waals surface area contributed by atoms with Crippen molar-refractivity contribution in [3.05, 3.63) is 63.9 Å². The van der Waals surface area contributed by atoms with Crippen LogP contribution in [0.25, 0.3) is 6.08 Å². The highest BCUT2D eigenvalue weighted by atomic mass is 32.1. The van der Waals surface area contributed by atoms with Crippen molar-refractivity contribution < 1.29 is 22.8 Å². The summed E-state index contributed by atoms with van der Waals surface area (Å²) >= 11 is 1.14. The molecule has 0 fully saturated rings. The second kappa shape index (κ2) is 6.05. The van der Waals surface area contributed by atoms with E-state index in [1.165, 1.54) is 30.3 Å². The van der Waals surface area contributed by atoms with Crippen LogP contribution in [0.3, 0.4) is 0 Å². The fourth-order valence-corrected chi connectivity index (χ4v) is 2.30. The predicted octanol–water partition coefficient (Wildman–Crippen LogP) is 4.15. The average Bonchev–Trinajstić information content (AvgIpc) is 2.96. The van der Waals surface area contributed by atoms with E-state index in [9.17, 15) is 22.8 Å². The summed E-state index contributed by atoms with van der Waals surface area (Å²) in [7, 11) is 0. The highest BCUT2D eigenvalue weighted by Gasteiger charge is 2.43. The summed E-state index contributed by atoms with van der Waals surface area (Å²) < 4.78 is 38.0. The first-order valence-corrected chi connectivity index (χ1v) is 6.74. The van der Waals surface area contributed by atoms with E-state index < -0.39 is 23.3 Å². The zero-order valence-electron chi connectivity index (χ0n) is 10.6. The molecule has 0 radical (unpaired) electrons. The molecule has 1 aromatic heterocycles. The largest absolute Gasteiger partial charge is 0.455 e. The molecule has 2 aromatic rings. The SMILES string of the molecule is O=C(C(=Cc1cccs1)C(=O)C(F)(F)F)c1ccccc1. The van der Waals surface area contributed by atoms with Crippen molar-refractivity contribution in [2.75, 3.05) is 0 Å². The van der Waals surface area contributed by atoms with Crippen LogP contribution in [0.1, 0.15) is 15.2 Å². The number of allylic oxidation sites excluding steroid dienone is 1. The number of alkyl halides is 3. The van der Waals surface area contributed by atoms with E-state index in [0.717, 1.165) is 17.4 Å². The van der Waals surface area contributed by atoms with Crippen molar-refractivity contribution in [2.24, 2.45) is 0 Å². The van der Waals surface area contributed by atoms with Crippen LogP contribution < -0.4 is 0 Å². The fourth-order valence-electron chi connectivity index (χ4n) is 1.65. The Bertz CT molecular complexity index is 671. The van der Waals surface area contributed by atoms with Crippen LogP contribution in [-0.4, -0.2) is 17.7 Å². The Morgan fingerprint density at radius 3 is 2.19 bits per heavy atom. The fraction of sp³-hybridized carbons (Fsp3) is 0.0667. The van der Waals surface area contributed by atoms with Crippen molar-refractivity contribution >= 4 is 29.0 Å². The molecule has 0 N–H and O–H groups in total. The van der Waals surface area contributed by atoms with Gasteiger partial charge in [-0.25, -0.2) is 0 Å². The minimum atomic E-state index is -5.09. The lowest BCUT2D eigenvalue weighted by Gasteiger charge is -2.08. The van der Waals surface area contributed by atoms with Gasteiger partial charge in [-0.05, 0) is 17.5 Å². The van der Waals surface area contributed by atoms with Gasteiger partial charge in [0.05, 0.1) is 5.57 Å². The number of hydrogen-bond acceptors (Lipinski definition) is 3. The molecule has 0 saturated carbocycles. The molecule has 0 bridgehead atoms. The standard InChI is InChI=1S/C15H9F3O2S/c16-15(17,18)14(20)12(9-11-7-4-8-21-11)13(19)10-5-2-1-3-6-10/h1-9H. The van der Waals surface area contributed by atoms with Gasteiger partial charge in [-0.1, -0.05) is 36.4 Å². The van der Waals surface area contributed by atoms with Crippen LogP contribution >= 0.6 is 11.3 Å². The maximum atomic E-state index is 12.7. The van der Waals surface area contributed by atoms with E-state index in [2.05, 4.69) is 0 Å². The average molecular weight is 310 g/mol. The molecular weight excluding hydrogens is 301 g/mol. The normalized spacial score (nSPS) is 12.2. The van der Waals surface area contributed by atoms with Gasteiger partial charge in [-0.15, -0.1) is 11.3 Å². The Kier molecular flexibility index (Phi) is 4.37. The lowest BCUT2D eigenvalue weighted by molar-refractivity contribution is -0.166. The summed E-state index contributed by atoms with van der Waals surface area (Å²) in [5.41, 5.74) is -0.839. The van der Waals surface area contributed by atoms with Crippen LogP contribution in [0.2, 0.25) is 0 Å². The smallest absolute Gasteiger partial charge is 0.288 e. The maximum Gasteiger partial charge on any atom is 0.455 e. The molecule has 0 aliphatic rings. The summed E-state index contributed by atoms with van der Waals surface area (Å²) in [6.07, 6.45) is -4.11. The number of thiophene rings is 1. The van der Waals surface area contributed by atoms with Crippen LogP contribution in [-0.2, 0) is 4.79 Å². The minimum absolute atomic E-state index is 0.0397. The quantitative estimate of drug-likeness (QED) is 0.368. The van der Waals surface area contributed by atoms with E-state index in [0.29, 0.717) is 4.88 Å². The highest BCUT2D eigenvalue weighted by Crippen LogP contribution is 2.25. The van der Waals surface area contributed by atoms with Gasteiger partial charge in [0.15, 0.2) is 5.78 Å². The third kappa shape index (κ3) is 3.66. The molecule has 1 aromatic carbocycles. The lowest BCUT2D eigenvalue weighted by Crippen LogP contribution is -2.28. The zero-order chi connectivity index (χ0) is 15.5. The Morgan fingerprint density at radius 2 is 1.67 bits per heavy atom. The van der Waals surface area contributed by atoms with Gasteiger partial charge in [0, 0.05) is 10.4 Å². The summed E-state index contributed by atoms with van der Waals surface area (Å²) in [5.74, 6) is -3.07. The third-order valence-electron chi connectivity index (χ3n) is 2.61. The number of hydrogen-bond donors (Lipinski definition) is 0. The highest BCUT2D eigenvalue weighted by molar-refractivity contribution is 7.10. The van der Waals surface area contributed by atoms with Crippen molar-refractivity contribution in [1.29, 1.82) is 0 Å². The number of Topliss-reactive ketones (excluding diaryl/α,β-unsaturated/α-hetero) is 2. The van der Waals surface area contributed by atoms with Gasteiger partial charge in [-0.3, -0.25) is 9.59 Å². The Morgan fingerprint density at radius 1 is 1.00 bits per heavy atom. The molecule has 0 amide bonds. The first-order valence-electron chi connectivity index (χ1n) is 5.86. The molecule has 2 rings (SSSR count). The third-order valence-corrected chi connectivity index (χ3v) is 3.43. The topological polar surface area (TPSA) is 34.1 Å². The molecule has 21 heavy (non-hydrogen) atoms. The summed E-state index contributed by atoms with van der Waals surface area (Å²) in [4.78, 5) is 24.1. The minimum Gasteiger partial charge on any atom is -0.288 e. The van der Waals surface area contributed by atoms with Crippen LogP contribution in [0, 0.1) is 0 Å². The van der Waals surface area contributed by atoms with E-state index in [1.54, 1.807) is 17.5 Å². The number of ketones is 2. The Balaban J connectivity index is 2.47. The van der Waals surface area contributed by atoms with Gasteiger partial charge in [0.2, 0.25) is 0 Å². The second-order valence-electron chi connectivity index (χ2n) is 4.10. The first-order chi connectivity index (χ1) is 9.89. The van der Waals surface area contributed by atoms with E-state index in [1.807, 2.05) is 0 Å². The summed E-state index contributed by atoms with van der Waals surface area (Å²) in [6, 6.07) is 10.6. The number of rotatable bonds is 4. The summed E-state index contributed by atoms with van der Waals surface area (Å²) in [5, 5.41) is 1.65. The van der Waals surface area contributed by atoms with Gasteiger partial charge in [0.25, 0.3) is 5.78 Å². The zero-order valence-corrected chi connectivity index (χ0v) is 11.4. The first kappa shape index (κ1) is 15.2. The second-order valence-corrected chi connectivity index (χ2v) is 5.07. The number of halogens is 3. The molecule has 108 valence electrons. The summed E-state index contributed by atoms with van der Waals surface area (Å²) in [6.45, 7) is 0. The van der Waals surface area contributed by atoms with Crippen molar-refractivity contribution in [1.82, 2.24) is 0 Å². The Labute approximate surface area is 122 Å². The van der Waals surface area contributed by atoms with Crippen LogP contribution in [0.4, 0.5) is 13.2 Å². The van der Waals surface area contributed by atoms with E-state index >= 15 is 0 Å². The van der Waals surface area contributed by atoms with Gasteiger partial charge < -0.3 is 0 Å². The van der Waals surface area contributed by atoms with Crippen molar-refractivity contribution in [2.45, 2.75) is 6.18 Å². The van der Waals surface area contributed by atoms with E-state index in [-0.39, 0.29) is 5.56 Å². The molecule has 0 saturated heterocycles.